The van der Waals surface area contributed by atoms with Crippen LogP contribution in [0.2, 0.25) is 0 Å². The van der Waals surface area contributed by atoms with E-state index in [-0.39, 0.29) is 18.8 Å². The van der Waals surface area contributed by atoms with Gasteiger partial charge < -0.3 is 24.8 Å². The van der Waals surface area contributed by atoms with Gasteiger partial charge in [-0.1, -0.05) is 39.0 Å². The summed E-state index contributed by atoms with van der Waals surface area (Å²) in [5.74, 6) is -1.39. The van der Waals surface area contributed by atoms with Crippen molar-refractivity contribution in [2.45, 2.75) is 71.8 Å². The van der Waals surface area contributed by atoms with Crippen LogP contribution in [0.25, 0.3) is 21.6 Å². The molecule has 0 bridgehead atoms. The molecule has 11 heteroatoms. The first kappa shape index (κ1) is 28.3. The average molecular weight is 555 g/mol. The average Bonchev–Trinajstić information content (AvgIpc) is 3.50. The summed E-state index contributed by atoms with van der Waals surface area (Å²) in [6, 6.07) is 9.09. The lowest BCUT2D eigenvalue weighted by atomic mass is 9.85. The van der Waals surface area contributed by atoms with Crippen LogP contribution in [0.1, 0.15) is 48.0 Å². The molecule has 1 saturated heterocycles. The molecule has 1 fully saturated rings. The Morgan fingerprint density at radius 1 is 1.05 bits per heavy atom. The highest BCUT2D eigenvalue weighted by molar-refractivity contribution is 7.13. The number of aromatic nitrogens is 2. The van der Waals surface area contributed by atoms with E-state index in [1.54, 1.807) is 41.5 Å². The molecule has 2 amide bonds. The summed E-state index contributed by atoms with van der Waals surface area (Å²) in [4.78, 5) is 50.1. The Kier molecular flexibility index (Phi) is 7.83. The summed E-state index contributed by atoms with van der Waals surface area (Å²) in [6.07, 6.45) is -1.34. The highest BCUT2D eigenvalue weighted by Crippen LogP contribution is 2.34. The zero-order valence-corrected chi connectivity index (χ0v) is 23.7. The molecule has 3 aromatic rings. The number of carbonyl (C=O) groups is 3. The minimum absolute atomic E-state index is 0.0107. The van der Waals surface area contributed by atoms with Crippen molar-refractivity contribution in [3.63, 3.8) is 0 Å². The summed E-state index contributed by atoms with van der Waals surface area (Å²) >= 11 is 1.49. The maximum atomic E-state index is 13.7. The molecule has 1 aromatic carbocycles. The number of carboxylic acid groups (broad SMARTS) is 1. The van der Waals surface area contributed by atoms with E-state index >= 15 is 0 Å². The van der Waals surface area contributed by atoms with Crippen LogP contribution in [-0.2, 0) is 14.3 Å². The number of fused-ring (bicyclic) bond motifs is 1. The van der Waals surface area contributed by atoms with E-state index < -0.39 is 47.2 Å². The topological polar surface area (TPSA) is 131 Å². The van der Waals surface area contributed by atoms with E-state index in [1.165, 1.54) is 16.2 Å². The third-order valence-corrected chi connectivity index (χ3v) is 7.05. The minimum Gasteiger partial charge on any atom is -0.480 e. The number of hydrogen-bond acceptors (Lipinski definition) is 8. The van der Waals surface area contributed by atoms with Crippen molar-refractivity contribution in [1.29, 1.82) is 0 Å². The molecule has 0 radical (unpaired) electrons. The monoisotopic (exact) mass is 554 g/mol. The second-order valence-corrected chi connectivity index (χ2v) is 12.6. The number of likely N-dealkylation sites (tertiary alicyclic amines) is 1. The highest BCUT2D eigenvalue weighted by atomic mass is 32.1. The first-order valence-corrected chi connectivity index (χ1v) is 13.6. The van der Waals surface area contributed by atoms with Gasteiger partial charge in [0.2, 0.25) is 11.8 Å². The Morgan fingerprint density at radius 3 is 2.28 bits per heavy atom. The fourth-order valence-corrected chi connectivity index (χ4v) is 5.10. The smallest absolute Gasteiger partial charge is 0.408 e. The highest BCUT2D eigenvalue weighted by Gasteiger charge is 2.46. The second kappa shape index (κ2) is 10.8. The molecule has 0 unspecified atom stereocenters. The number of aliphatic carboxylic acids is 1. The van der Waals surface area contributed by atoms with Crippen LogP contribution >= 0.6 is 11.3 Å². The van der Waals surface area contributed by atoms with Crippen LogP contribution in [-0.4, -0.2) is 68.3 Å². The molecule has 10 nitrogen and oxygen atoms in total. The van der Waals surface area contributed by atoms with Gasteiger partial charge in [-0.05, 0) is 49.8 Å². The number of rotatable bonds is 6. The molecular weight excluding hydrogens is 520 g/mol. The SMILES string of the molecule is CC(C)(C)OC(=O)N[C@H](C(=O)N1C[C@H](Oc2nc3ccccc3nc2-c2cccs2)C[C@H]1C(=O)O)C(C)(C)C. The molecule has 2 N–H and O–H groups in total. The summed E-state index contributed by atoms with van der Waals surface area (Å²) in [6.45, 7) is 10.6. The number of nitrogens with zero attached hydrogens (tertiary/aromatic N) is 3. The Balaban J connectivity index is 1.61. The summed E-state index contributed by atoms with van der Waals surface area (Å²) in [5, 5.41) is 14.6. The molecule has 4 rings (SSSR count). The summed E-state index contributed by atoms with van der Waals surface area (Å²) in [7, 11) is 0. The lowest BCUT2D eigenvalue weighted by Gasteiger charge is -2.35. The van der Waals surface area contributed by atoms with Crippen molar-refractivity contribution >= 4 is 40.3 Å². The molecule has 0 aliphatic carbocycles. The van der Waals surface area contributed by atoms with E-state index in [4.69, 9.17) is 14.5 Å². The van der Waals surface area contributed by atoms with Gasteiger partial charge in [0, 0.05) is 6.42 Å². The quantitative estimate of drug-likeness (QED) is 0.447. The van der Waals surface area contributed by atoms with Crippen LogP contribution in [0.15, 0.2) is 41.8 Å². The van der Waals surface area contributed by atoms with Crippen molar-refractivity contribution in [3.8, 4) is 16.5 Å². The zero-order valence-electron chi connectivity index (χ0n) is 22.9. The van der Waals surface area contributed by atoms with Gasteiger partial charge in [-0.2, -0.15) is 0 Å². The van der Waals surface area contributed by atoms with Crippen molar-refractivity contribution in [2.75, 3.05) is 6.54 Å². The summed E-state index contributed by atoms with van der Waals surface area (Å²) in [5.41, 5.74) is 0.433. The Morgan fingerprint density at radius 2 is 1.72 bits per heavy atom. The first-order valence-electron chi connectivity index (χ1n) is 12.7. The Labute approximate surface area is 231 Å². The third-order valence-electron chi connectivity index (χ3n) is 6.18. The molecular formula is C28H34N4O6S. The first-order chi connectivity index (χ1) is 18.2. The summed E-state index contributed by atoms with van der Waals surface area (Å²) < 4.78 is 11.6. The normalized spacial score (nSPS) is 18.6. The van der Waals surface area contributed by atoms with Gasteiger partial charge in [0.15, 0.2) is 0 Å². The number of benzene rings is 1. The van der Waals surface area contributed by atoms with Gasteiger partial charge in [0.05, 0.1) is 22.5 Å². The Hall–Kier alpha value is -3.73. The largest absolute Gasteiger partial charge is 0.480 e. The van der Waals surface area contributed by atoms with Gasteiger partial charge in [0.1, 0.15) is 29.5 Å². The van der Waals surface area contributed by atoms with Gasteiger partial charge in [-0.25, -0.2) is 19.6 Å². The number of ether oxygens (including phenoxy) is 2. The Bertz CT molecular complexity index is 1360. The van der Waals surface area contributed by atoms with E-state index in [0.29, 0.717) is 16.7 Å². The number of thiophene rings is 1. The second-order valence-electron chi connectivity index (χ2n) is 11.6. The maximum Gasteiger partial charge on any atom is 0.408 e. The fraction of sp³-hybridized carbons (Fsp3) is 0.464. The number of nitrogens with one attached hydrogen (secondary N) is 1. The number of carboxylic acids is 1. The van der Waals surface area contributed by atoms with Crippen LogP contribution in [0.3, 0.4) is 0 Å². The standard InChI is InChI=1S/C28H34N4O6S/c1-27(2,3)22(31-26(36)38-28(4,5)6)24(33)32-15-16(14-19(32)25(34)35)37-23-21(20-12-9-13-39-20)29-17-10-7-8-11-18(17)30-23/h7-13,16,19,22H,14-15H2,1-6H3,(H,31,36)(H,34,35)/t16-,19+,22-/m1/s1. The minimum atomic E-state index is -1.15. The number of carbonyl (C=O) groups excluding carboxylic acids is 2. The van der Waals surface area contributed by atoms with Crippen molar-refractivity contribution in [3.05, 3.63) is 41.8 Å². The molecule has 39 heavy (non-hydrogen) atoms. The lowest BCUT2D eigenvalue weighted by Crippen LogP contribution is -2.57. The van der Waals surface area contributed by atoms with Crippen LogP contribution in [0.4, 0.5) is 4.79 Å². The van der Waals surface area contributed by atoms with Gasteiger partial charge in [-0.15, -0.1) is 11.3 Å². The third kappa shape index (κ3) is 6.65. The molecule has 208 valence electrons. The molecule has 3 heterocycles. The van der Waals surface area contributed by atoms with Gasteiger partial charge in [0.25, 0.3) is 0 Å². The fourth-order valence-electron chi connectivity index (χ4n) is 4.40. The molecule has 0 saturated carbocycles. The number of amides is 2. The van der Waals surface area contributed by atoms with E-state index in [2.05, 4.69) is 10.3 Å². The lowest BCUT2D eigenvalue weighted by molar-refractivity contribution is -0.150. The number of hydrogen-bond donors (Lipinski definition) is 2. The molecule has 0 spiro atoms. The van der Waals surface area contributed by atoms with Crippen molar-refractivity contribution < 1.29 is 29.0 Å². The molecule has 2 aromatic heterocycles. The van der Waals surface area contributed by atoms with Gasteiger partial charge in [-0.3, -0.25) is 4.79 Å². The molecule has 3 atom stereocenters. The van der Waals surface area contributed by atoms with Crippen molar-refractivity contribution in [2.24, 2.45) is 5.41 Å². The van der Waals surface area contributed by atoms with Crippen LogP contribution in [0.5, 0.6) is 5.88 Å². The molecule has 1 aliphatic rings. The van der Waals surface area contributed by atoms with E-state index in [0.717, 1.165) is 4.88 Å². The number of para-hydroxylation sites is 2. The predicted octanol–water partition coefficient (Wildman–Crippen LogP) is 4.73. The maximum absolute atomic E-state index is 13.7. The zero-order chi connectivity index (χ0) is 28.5. The van der Waals surface area contributed by atoms with Crippen LogP contribution < -0.4 is 10.1 Å². The van der Waals surface area contributed by atoms with Crippen LogP contribution in [0, 0.1) is 5.41 Å². The van der Waals surface area contributed by atoms with Gasteiger partial charge >= 0.3 is 12.1 Å². The van der Waals surface area contributed by atoms with E-state index in [9.17, 15) is 19.5 Å². The van der Waals surface area contributed by atoms with E-state index in [1.807, 2.05) is 41.8 Å². The van der Waals surface area contributed by atoms with Crippen molar-refractivity contribution in [1.82, 2.24) is 20.2 Å². The number of alkyl carbamates (subject to hydrolysis) is 1. The predicted molar refractivity (Wildman–Crippen MR) is 148 cm³/mol. The molecule has 1 aliphatic heterocycles.